The van der Waals surface area contributed by atoms with Crippen LogP contribution in [0.15, 0.2) is 53.4 Å². The Morgan fingerprint density at radius 3 is 2.28 bits per heavy atom. The average Bonchev–Trinajstić information content (AvgIpc) is 2.32. The summed E-state index contributed by atoms with van der Waals surface area (Å²) < 4.78 is 29.3. The highest BCUT2D eigenvalue weighted by Crippen LogP contribution is 2.28. The molecule has 2 aromatic carbocycles. The minimum Gasteiger partial charge on any atom is -0.456 e. The molecule has 0 saturated heterocycles. The van der Waals surface area contributed by atoms with Crippen molar-refractivity contribution in [3.8, 4) is 11.5 Å². The van der Waals surface area contributed by atoms with Crippen molar-refractivity contribution >= 4 is 32.4 Å². The highest BCUT2D eigenvalue weighted by Gasteiger charge is 2.10. The number of ether oxygens (including phenoxy) is 1. The van der Waals surface area contributed by atoms with E-state index in [2.05, 4.69) is 22.6 Å². The molecule has 0 N–H and O–H groups in total. The fraction of sp³-hybridized carbons (Fsp3) is 0.0769. The van der Waals surface area contributed by atoms with Crippen molar-refractivity contribution in [1.82, 2.24) is 0 Å². The van der Waals surface area contributed by atoms with Gasteiger partial charge in [0.15, 0.2) is 9.84 Å². The summed E-state index contributed by atoms with van der Waals surface area (Å²) in [6.07, 6.45) is 1.19. The summed E-state index contributed by atoms with van der Waals surface area (Å²) in [6.45, 7) is 0. The first-order chi connectivity index (χ1) is 8.47. The van der Waals surface area contributed by atoms with Crippen LogP contribution in [-0.4, -0.2) is 14.7 Å². The van der Waals surface area contributed by atoms with E-state index in [1.54, 1.807) is 18.2 Å². The van der Waals surface area contributed by atoms with E-state index in [1.165, 1.54) is 6.26 Å². The van der Waals surface area contributed by atoms with E-state index >= 15 is 0 Å². The van der Waals surface area contributed by atoms with Gasteiger partial charge in [0.1, 0.15) is 11.5 Å². The van der Waals surface area contributed by atoms with Gasteiger partial charge >= 0.3 is 0 Å². The van der Waals surface area contributed by atoms with Gasteiger partial charge in [-0.3, -0.25) is 0 Å². The number of rotatable bonds is 3. The topological polar surface area (TPSA) is 43.4 Å². The van der Waals surface area contributed by atoms with Crippen LogP contribution in [0.1, 0.15) is 0 Å². The van der Waals surface area contributed by atoms with Crippen molar-refractivity contribution in [2.24, 2.45) is 0 Å². The maximum atomic E-state index is 11.4. The molecule has 2 rings (SSSR count). The summed E-state index contributed by atoms with van der Waals surface area (Å²) in [5.74, 6) is 1.37. The molecule has 0 aromatic heterocycles. The molecular formula is C13H11IO3S. The number of hydrogen-bond donors (Lipinski definition) is 0. The molecule has 0 aliphatic heterocycles. The summed E-state index contributed by atoms with van der Waals surface area (Å²) >= 11 is 2.06. The first-order valence-corrected chi connectivity index (χ1v) is 8.16. The lowest BCUT2D eigenvalue weighted by atomic mass is 10.3. The second kappa shape index (κ2) is 5.27. The molecule has 5 heteroatoms. The van der Waals surface area contributed by atoms with Gasteiger partial charge in [-0.15, -0.1) is 0 Å². The quantitative estimate of drug-likeness (QED) is 0.773. The lowest BCUT2D eigenvalue weighted by Gasteiger charge is -2.08. The zero-order valence-corrected chi connectivity index (χ0v) is 12.6. The monoisotopic (exact) mass is 374 g/mol. The summed E-state index contributed by atoms with van der Waals surface area (Å²) in [5, 5.41) is 0. The second-order valence-corrected chi connectivity index (χ2v) is 6.96. The van der Waals surface area contributed by atoms with Crippen molar-refractivity contribution in [3.05, 3.63) is 52.1 Å². The summed E-state index contributed by atoms with van der Waals surface area (Å²) in [4.78, 5) is 0.298. The number of sulfone groups is 1. The molecule has 0 unspecified atom stereocenters. The van der Waals surface area contributed by atoms with E-state index in [0.29, 0.717) is 10.6 Å². The number of hydrogen-bond acceptors (Lipinski definition) is 3. The Labute approximate surface area is 120 Å². The van der Waals surface area contributed by atoms with Crippen molar-refractivity contribution in [2.45, 2.75) is 4.90 Å². The molecule has 0 amide bonds. The lowest BCUT2D eigenvalue weighted by molar-refractivity contribution is 0.478. The molecule has 94 valence electrons. The van der Waals surface area contributed by atoms with Gasteiger partial charge in [-0.25, -0.2) is 8.42 Å². The van der Waals surface area contributed by atoms with Crippen LogP contribution in [0.3, 0.4) is 0 Å². The van der Waals surface area contributed by atoms with Gasteiger partial charge in [-0.05, 0) is 52.9 Å². The van der Waals surface area contributed by atoms with Crippen molar-refractivity contribution in [3.63, 3.8) is 0 Å². The maximum absolute atomic E-state index is 11.4. The Morgan fingerprint density at radius 2 is 1.72 bits per heavy atom. The zero-order valence-electron chi connectivity index (χ0n) is 9.63. The number of para-hydroxylation sites is 1. The van der Waals surface area contributed by atoms with E-state index in [1.807, 2.05) is 30.3 Å². The van der Waals surface area contributed by atoms with Crippen molar-refractivity contribution < 1.29 is 13.2 Å². The first kappa shape index (κ1) is 13.4. The Balaban J connectivity index is 2.32. The molecule has 0 aliphatic rings. The molecule has 0 saturated carbocycles. The molecule has 2 aromatic rings. The molecule has 0 bridgehead atoms. The zero-order chi connectivity index (χ0) is 13.2. The molecule has 0 heterocycles. The SMILES string of the molecule is CS(=O)(=O)c1ccc(Oc2ccccc2)c(I)c1. The fourth-order valence-electron chi connectivity index (χ4n) is 1.41. The third-order valence-electron chi connectivity index (χ3n) is 2.30. The van der Waals surface area contributed by atoms with Crippen LogP contribution in [0.4, 0.5) is 0 Å². The largest absolute Gasteiger partial charge is 0.456 e. The fourth-order valence-corrected chi connectivity index (χ4v) is 2.89. The van der Waals surface area contributed by atoms with E-state index in [4.69, 9.17) is 4.74 Å². The predicted octanol–water partition coefficient (Wildman–Crippen LogP) is 3.49. The van der Waals surface area contributed by atoms with Gasteiger partial charge in [0.05, 0.1) is 8.47 Å². The van der Waals surface area contributed by atoms with Gasteiger partial charge in [-0.1, -0.05) is 18.2 Å². The van der Waals surface area contributed by atoms with Gasteiger partial charge in [0.2, 0.25) is 0 Å². The third kappa shape index (κ3) is 3.23. The van der Waals surface area contributed by atoms with Gasteiger partial charge in [0.25, 0.3) is 0 Å². The van der Waals surface area contributed by atoms with E-state index in [0.717, 1.165) is 9.32 Å². The summed E-state index contributed by atoms with van der Waals surface area (Å²) in [7, 11) is -3.18. The van der Waals surface area contributed by atoms with Crippen LogP contribution in [-0.2, 0) is 9.84 Å². The number of halogens is 1. The molecule has 0 atom stereocenters. The third-order valence-corrected chi connectivity index (χ3v) is 4.26. The van der Waals surface area contributed by atoms with E-state index in [9.17, 15) is 8.42 Å². The van der Waals surface area contributed by atoms with Crippen LogP contribution >= 0.6 is 22.6 Å². The highest BCUT2D eigenvalue weighted by molar-refractivity contribution is 14.1. The van der Waals surface area contributed by atoms with Crippen LogP contribution < -0.4 is 4.74 Å². The Morgan fingerprint density at radius 1 is 1.06 bits per heavy atom. The minimum atomic E-state index is -3.18. The molecule has 0 aliphatic carbocycles. The lowest BCUT2D eigenvalue weighted by Crippen LogP contribution is -1.98. The second-order valence-electron chi connectivity index (χ2n) is 3.78. The highest BCUT2D eigenvalue weighted by atomic mass is 127. The normalized spacial score (nSPS) is 11.2. The van der Waals surface area contributed by atoms with Gasteiger partial charge in [-0.2, -0.15) is 0 Å². The van der Waals surface area contributed by atoms with Crippen molar-refractivity contribution in [2.75, 3.05) is 6.26 Å². The predicted molar refractivity (Wildman–Crippen MR) is 78.8 cm³/mol. The Kier molecular flexibility index (Phi) is 3.91. The smallest absolute Gasteiger partial charge is 0.175 e. The molecule has 0 spiro atoms. The van der Waals surface area contributed by atoms with Gasteiger partial charge in [0, 0.05) is 6.26 Å². The summed E-state index contributed by atoms with van der Waals surface area (Å²) in [5.41, 5.74) is 0. The number of benzene rings is 2. The molecule has 0 fully saturated rings. The molecule has 18 heavy (non-hydrogen) atoms. The molecule has 3 nitrogen and oxygen atoms in total. The Bertz CT molecular complexity index is 651. The van der Waals surface area contributed by atoms with Gasteiger partial charge < -0.3 is 4.74 Å². The van der Waals surface area contributed by atoms with Crippen LogP contribution in [0.2, 0.25) is 0 Å². The molecule has 0 radical (unpaired) electrons. The maximum Gasteiger partial charge on any atom is 0.175 e. The van der Waals surface area contributed by atoms with Crippen LogP contribution in [0.25, 0.3) is 0 Å². The van der Waals surface area contributed by atoms with Crippen LogP contribution in [0, 0.1) is 3.57 Å². The average molecular weight is 374 g/mol. The summed E-state index contributed by atoms with van der Waals surface area (Å²) in [6, 6.07) is 14.2. The van der Waals surface area contributed by atoms with E-state index < -0.39 is 9.84 Å². The minimum absolute atomic E-state index is 0.298. The standard InChI is InChI=1S/C13H11IO3S/c1-18(15,16)11-7-8-13(12(14)9-11)17-10-5-3-2-4-6-10/h2-9H,1H3. The van der Waals surface area contributed by atoms with E-state index in [-0.39, 0.29) is 0 Å². The van der Waals surface area contributed by atoms with Crippen molar-refractivity contribution in [1.29, 1.82) is 0 Å². The Hall–Kier alpha value is -1.08. The first-order valence-electron chi connectivity index (χ1n) is 5.19. The molecular weight excluding hydrogens is 363 g/mol. The van der Waals surface area contributed by atoms with Crippen LogP contribution in [0.5, 0.6) is 11.5 Å².